The van der Waals surface area contributed by atoms with Crippen LogP contribution in [0.25, 0.3) is 27.2 Å². The molecule has 3 heterocycles. The summed E-state index contributed by atoms with van der Waals surface area (Å²) in [5.74, 6) is 0.238. The van der Waals surface area contributed by atoms with Gasteiger partial charge < -0.3 is 9.88 Å². The number of nitrogens with one attached hydrogen (secondary N) is 1. The smallest absolute Gasteiger partial charge is 0.267 e. The minimum Gasteiger partial charge on any atom is -0.306 e. The van der Waals surface area contributed by atoms with E-state index >= 15 is 0 Å². The Morgan fingerprint density at radius 3 is 2.44 bits per heavy atom. The highest BCUT2D eigenvalue weighted by Gasteiger charge is 2.21. The van der Waals surface area contributed by atoms with Crippen LogP contribution in [0.2, 0.25) is 0 Å². The van der Waals surface area contributed by atoms with Crippen molar-refractivity contribution in [1.29, 1.82) is 0 Å². The number of benzene rings is 2. The first kappa shape index (κ1) is 19.9. The maximum Gasteiger partial charge on any atom is 0.267 e. The third kappa shape index (κ3) is 3.40. The van der Waals surface area contributed by atoms with Crippen LogP contribution in [0.4, 0.5) is 5.82 Å². The van der Waals surface area contributed by atoms with Gasteiger partial charge in [-0.3, -0.25) is 9.59 Å². The molecule has 5 aromatic rings. The Balaban J connectivity index is 1.58. The molecule has 5 rings (SSSR count). The van der Waals surface area contributed by atoms with Gasteiger partial charge in [0.05, 0.1) is 28.0 Å². The standard InChI is InChI=1S/C24H19N5O2S/c1-15-20-23(25-14-28(2)24(20)31)32-21(15)22(30)26-19-13-18(16-9-5-3-6-10-16)27-29(19)17-11-7-4-8-12-17/h3-14H,1-2H3,(H,26,30). The highest BCUT2D eigenvalue weighted by Crippen LogP contribution is 2.29. The molecular weight excluding hydrogens is 422 g/mol. The van der Waals surface area contributed by atoms with Gasteiger partial charge >= 0.3 is 0 Å². The average molecular weight is 442 g/mol. The molecule has 32 heavy (non-hydrogen) atoms. The Hall–Kier alpha value is -4.04. The Bertz CT molecular complexity index is 1500. The van der Waals surface area contributed by atoms with Crippen molar-refractivity contribution < 1.29 is 4.79 Å². The quantitative estimate of drug-likeness (QED) is 0.448. The van der Waals surface area contributed by atoms with Crippen LogP contribution in [0.5, 0.6) is 0 Å². The monoisotopic (exact) mass is 441 g/mol. The number of amides is 1. The predicted octanol–water partition coefficient (Wildman–Crippen LogP) is 4.41. The highest BCUT2D eigenvalue weighted by atomic mass is 32.1. The number of carbonyl (C=O) groups is 1. The first-order valence-electron chi connectivity index (χ1n) is 10.00. The van der Waals surface area contributed by atoms with Gasteiger partial charge in [0, 0.05) is 18.7 Å². The van der Waals surface area contributed by atoms with Gasteiger partial charge in [-0.15, -0.1) is 11.3 Å². The van der Waals surface area contributed by atoms with Crippen molar-refractivity contribution in [3.63, 3.8) is 0 Å². The van der Waals surface area contributed by atoms with Crippen LogP contribution in [-0.2, 0) is 7.05 Å². The number of rotatable bonds is 4. The second-order valence-electron chi connectivity index (χ2n) is 7.38. The number of thiophene rings is 1. The zero-order valence-corrected chi connectivity index (χ0v) is 18.3. The number of anilines is 1. The predicted molar refractivity (Wildman–Crippen MR) is 127 cm³/mol. The topological polar surface area (TPSA) is 81.8 Å². The van der Waals surface area contributed by atoms with Crippen LogP contribution in [0.1, 0.15) is 15.2 Å². The Kier molecular flexibility index (Phi) is 4.91. The van der Waals surface area contributed by atoms with Crippen LogP contribution in [0.3, 0.4) is 0 Å². The second kappa shape index (κ2) is 7.90. The molecule has 0 unspecified atom stereocenters. The molecule has 8 heteroatoms. The number of carbonyl (C=O) groups excluding carboxylic acids is 1. The number of fused-ring (bicyclic) bond motifs is 1. The van der Waals surface area contributed by atoms with Crippen molar-refractivity contribution in [3.8, 4) is 16.9 Å². The van der Waals surface area contributed by atoms with E-state index in [4.69, 9.17) is 5.10 Å². The largest absolute Gasteiger partial charge is 0.306 e. The number of aryl methyl sites for hydroxylation is 2. The number of hydrogen-bond acceptors (Lipinski definition) is 5. The van der Waals surface area contributed by atoms with E-state index in [0.717, 1.165) is 16.9 Å². The van der Waals surface area contributed by atoms with Gasteiger partial charge in [0.1, 0.15) is 10.6 Å². The zero-order valence-electron chi connectivity index (χ0n) is 17.4. The third-order valence-electron chi connectivity index (χ3n) is 5.24. The molecule has 1 N–H and O–H groups in total. The third-order valence-corrected chi connectivity index (χ3v) is 6.44. The molecule has 0 aliphatic rings. The van der Waals surface area contributed by atoms with Gasteiger partial charge in [-0.1, -0.05) is 48.5 Å². The van der Waals surface area contributed by atoms with Crippen molar-refractivity contribution in [1.82, 2.24) is 19.3 Å². The molecule has 0 aliphatic carbocycles. The Morgan fingerprint density at radius 1 is 1.03 bits per heavy atom. The van der Waals surface area contributed by atoms with Crippen LogP contribution >= 0.6 is 11.3 Å². The number of hydrogen-bond donors (Lipinski definition) is 1. The van der Waals surface area contributed by atoms with Crippen LogP contribution in [-0.4, -0.2) is 25.2 Å². The minimum atomic E-state index is -0.302. The maximum atomic E-state index is 13.3. The Morgan fingerprint density at radius 2 is 1.72 bits per heavy atom. The molecule has 0 radical (unpaired) electrons. The van der Waals surface area contributed by atoms with E-state index in [-0.39, 0.29) is 11.5 Å². The number of para-hydroxylation sites is 1. The average Bonchev–Trinajstić information content (AvgIpc) is 3.39. The molecule has 0 aliphatic heterocycles. The lowest BCUT2D eigenvalue weighted by Crippen LogP contribution is -2.17. The van der Waals surface area contributed by atoms with E-state index in [2.05, 4.69) is 10.3 Å². The maximum absolute atomic E-state index is 13.3. The van der Waals surface area contributed by atoms with Crippen molar-refractivity contribution >= 4 is 33.3 Å². The highest BCUT2D eigenvalue weighted by molar-refractivity contribution is 7.20. The first-order chi connectivity index (χ1) is 15.5. The summed E-state index contributed by atoms with van der Waals surface area (Å²) in [6.45, 7) is 1.78. The van der Waals surface area contributed by atoms with Gasteiger partial charge in [0.15, 0.2) is 0 Å². The van der Waals surface area contributed by atoms with Crippen molar-refractivity contribution in [2.24, 2.45) is 7.05 Å². The van der Waals surface area contributed by atoms with Gasteiger partial charge in [-0.2, -0.15) is 5.10 Å². The summed E-state index contributed by atoms with van der Waals surface area (Å²) in [4.78, 5) is 31.1. The summed E-state index contributed by atoms with van der Waals surface area (Å²) in [6, 6.07) is 21.3. The van der Waals surface area contributed by atoms with Gasteiger partial charge in [-0.05, 0) is 24.6 Å². The summed E-state index contributed by atoms with van der Waals surface area (Å²) >= 11 is 1.21. The summed E-state index contributed by atoms with van der Waals surface area (Å²) in [5.41, 5.74) is 2.99. The summed E-state index contributed by atoms with van der Waals surface area (Å²) in [7, 11) is 1.65. The molecule has 0 saturated carbocycles. The molecular formula is C24H19N5O2S. The minimum absolute atomic E-state index is 0.163. The van der Waals surface area contributed by atoms with E-state index in [1.807, 2.05) is 66.7 Å². The van der Waals surface area contributed by atoms with Crippen molar-refractivity contribution in [3.05, 3.63) is 93.9 Å². The van der Waals surface area contributed by atoms with Crippen LogP contribution < -0.4 is 10.9 Å². The molecule has 158 valence electrons. The van der Waals surface area contributed by atoms with Gasteiger partial charge in [0.2, 0.25) is 0 Å². The molecule has 0 fully saturated rings. The molecule has 7 nitrogen and oxygen atoms in total. The molecule has 0 atom stereocenters. The van der Waals surface area contributed by atoms with E-state index < -0.39 is 0 Å². The zero-order chi connectivity index (χ0) is 22.2. The molecule has 1 amide bonds. The fourth-order valence-electron chi connectivity index (χ4n) is 3.58. The molecule has 0 saturated heterocycles. The summed E-state index contributed by atoms with van der Waals surface area (Å²) in [6.07, 6.45) is 1.47. The van der Waals surface area contributed by atoms with E-state index in [9.17, 15) is 9.59 Å². The number of nitrogens with zero attached hydrogens (tertiary/aromatic N) is 4. The van der Waals surface area contributed by atoms with Gasteiger partial charge in [0.25, 0.3) is 11.5 Å². The number of aromatic nitrogens is 4. The summed E-state index contributed by atoms with van der Waals surface area (Å²) in [5, 5.41) is 8.19. The van der Waals surface area contributed by atoms with E-state index in [0.29, 0.717) is 26.5 Å². The SMILES string of the molecule is Cc1c(C(=O)Nc2cc(-c3ccccc3)nn2-c2ccccc2)sc2ncn(C)c(=O)c12. The van der Waals surface area contributed by atoms with Crippen molar-refractivity contribution in [2.45, 2.75) is 6.92 Å². The fourth-order valence-corrected chi connectivity index (χ4v) is 4.62. The normalized spacial score (nSPS) is 11.1. The second-order valence-corrected chi connectivity index (χ2v) is 8.38. The fraction of sp³-hybridized carbons (Fsp3) is 0.0833. The van der Waals surface area contributed by atoms with E-state index in [1.165, 1.54) is 22.2 Å². The van der Waals surface area contributed by atoms with Gasteiger partial charge in [-0.25, -0.2) is 9.67 Å². The van der Waals surface area contributed by atoms with Crippen molar-refractivity contribution in [2.75, 3.05) is 5.32 Å². The molecule has 0 bridgehead atoms. The first-order valence-corrected chi connectivity index (χ1v) is 10.8. The molecule has 3 aromatic heterocycles. The molecule has 0 spiro atoms. The lowest BCUT2D eigenvalue weighted by Gasteiger charge is -2.08. The molecule has 2 aromatic carbocycles. The lowest BCUT2D eigenvalue weighted by molar-refractivity contribution is 0.102. The van der Waals surface area contributed by atoms with E-state index in [1.54, 1.807) is 18.7 Å². The summed E-state index contributed by atoms with van der Waals surface area (Å²) < 4.78 is 3.13. The van der Waals surface area contributed by atoms with Crippen LogP contribution in [0, 0.1) is 6.92 Å². The Labute approximate surface area is 187 Å². The lowest BCUT2D eigenvalue weighted by atomic mass is 10.1. The van der Waals surface area contributed by atoms with Crippen LogP contribution in [0.15, 0.2) is 77.9 Å².